The fraction of sp³-hybridized carbons (Fsp3) is 0.900. The average molecular weight is 566 g/mol. The molecule has 13 atom stereocenters. The van der Waals surface area contributed by atoms with E-state index in [9.17, 15) is 30.3 Å². The highest BCUT2D eigenvalue weighted by Gasteiger charge is 2.68. The first-order chi connectivity index (χ1) is 19.0. The van der Waals surface area contributed by atoms with Gasteiger partial charge >= 0.3 is 5.97 Å². The minimum absolute atomic E-state index is 0.0549. The van der Waals surface area contributed by atoms with Crippen molar-refractivity contribution in [3.05, 3.63) is 11.6 Å². The van der Waals surface area contributed by atoms with Crippen molar-refractivity contribution in [2.24, 2.45) is 34.5 Å². The summed E-state index contributed by atoms with van der Waals surface area (Å²) < 4.78 is 11.1. The van der Waals surface area contributed by atoms with Gasteiger partial charge in [-0.1, -0.05) is 13.8 Å². The molecule has 10 nitrogen and oxygen atoms in total. The van der Waals surface area contributed by atoms with Crippen molar-refractivity contribution in [2.45, 2.75) is 114 Å². The van der Waals surface area contributed by atoms with Crippen LogP contribution in [-0.4, -0.2) is 99.2 Å². The van der Waals surface area contributed by atoms with Crippen LogP contribution in [0, 0.1) is 34.5 Å². The molecule has 10 heteroatoms. The number of esters is 1. The highest BCUT2D eigenvalue weighted by molar-refractivity contribution is 5.85. The zero-order valence-electron chi connectivity index (χ0n) is 23.9. The van der Waals surface area contributed by atoms with Crippen molar-refractivity contribution in [1.82, 2.24) is 5.06 Å². The number of carbonyl (C=O) groups excluding carboxylic acids is 1. The van der Waals surface area contributed by atoms with Crippen LogP contribution in [0.4, 0.5) is 0 Å². The number of cyclic esters (lactones) is 1. The fourth-order valence-corrected chi connectivity index (χ4v) is 10.4. The van der Waals surface area contributed by atoms with Gasteiger partial charge in [0.15, 0.2) is 6.23 Å². The number of aliphatic hydroxyl groups excluding tert-OH is 4. The molecule has 1 saturated heterocycles. The molecular formula is C30H47NO9. The van der Waals surface area contributed by atoms with Crippen molar-refractivity contribution in [3.63, 3.8) is 0 Å². The number of hydrogen-bond acceptors (Lipinski definition) is 10. The van der Waals surface area contributed by atoms with Crippen molar-refractivity contribution in [3.8, 4) is 0 Å². The Bertz CT molecular complexity index is 1020. The summed E-state index contributed by atoms with van der Waals surface area (Å²) >= 11 is 0. The topological polar surface area (TPSA) is 149 Å². The second kappa shape index (κ2) is 10.3. The Morgan fingerprint density at radius 3 is 2.45 bits per heavy atom. The molecule has 0 aromatic carbocycles. The van der Waals surface area contributed by atoms with Gasteiger partial charge in [0.25, 0.3) is 0 Å². The maximum Gasteiger partial charge on any atom is 0.331 e. The van der Waals surface area contributed by atoms with Gasteiger partial charge in [-0.05, 0) is 92.4 Å². The van der Waals surface area contributed by atoms with Gasteiger partial charge < -0.3 is 35.0 Å². The molecule has 0 aromatic rings. The van der Waals surface area contributed by atoms with Crippen LogP contribution in [0.1, 0.15) is 71.6 Å². The summed E-state index contributed by atoms with van der Waals surface area (Å²) in [6.07, 6.45) is 3.63. The summed E-state index contributed by atoms with van der Waals surface area (Å²) in [5.74, 6) is 0.949. The lowest BCUT2D eigenvalue weighted by atomic mass is 9.43. The monoisotopic (exact) mass is 565 g/mol. The van der Waals surface area contributed by atoms with E-state index in [0.717, 1.165) is 63.4 Å². The number of nitrogens with zero attached hydrogens (tertiary/aromatic N) is 1. The molecule has 226 valence electrons. The fourth-order valence-electron chi connectivity index (χ4n) is 10.4. The number of fused-ring (bicyclic) bond motifs is 5. The van der Waals surface area contributed by atoms with Crippen molar-refractivity contribution >= 4 is 5.97 Å². The number of carbonyl (C=O) groups is 1. The second-order valence-electron chi connectivity index (χ2n) is 14.0. The third-order valence-corrected chi connectivity index (χ3v) is 12.6. The zero-order chi connectivity index (χ0) is 28.6. The van der Waals surface area contributed by atoms with Gasteiger partial charge in [0.2, 0.25) is 0 Å². The Balaban J connectivity index is 1.19. The quantitative estimate of drug-likeness (QED) is 0.244. The van der Waals surface area contributed by atoms with E-state index < -0.39 is 42.9 Å². The van der Waals surface area contributed by atoms with Gasteiger partial charge in [-0.25, -0.2) is 4.79 Å². The third-order valence-electron chi connectivity index (χ3n) is 12.6. The molecular weight excluding hydrogens is 518 g/mol. The van der Waals surface area contributed by atoms with Crippen LogP contribution in [0.5, 0.6) is 0 Å². The van der Waals surface area contributed by atoms with E-state index in [1.807, 2.05) is 0 Å². The van der Waals surface area contributed by atoms with Gasteiger partial charge in [0, 0.05) is 17.5 Å². The summed E-state index contributed by atoms with van der Waals surface area (Å²) in [5.41, 5.74) is 0.0988. The van der Waals surface area contributed by atoms with Gasteiger partial charge in [-0.2, -0.15) is 5.06 Å². The largest absolute Gasteiger partial charge is 0.458 e. The molecule has 40 heavy (non-hydrogen) atoms. The molecule has 0 spiro atoms. The summed E-state index contributed by atoms with van der Waals surface area (Å²) in [7, 11) is 1.53. The first-order valence-corrected chi connectivity index (χ1v) is 15.2. The maximum absolute atomic E-state index is 12.4. The van der Waals surface area contributed by atoms with Crippen LogP contribution in [0.15, 0.2) is 11.6 Å². The van der Waals surface area contributed by atoms with E-state index in [1.54, 1.807) is 11.1 Å². The van der Waals surface area contributed by atoms with Gasteiger partial charge in [0.05, 0.1) is 19.3 Å². The van der Waals surface area contributed by atoms with Gasteiger partial charge in [-0.15, -0.1) is 0 Å². The molecule has 6 rings (SSSR count). The smallest absolute Gasteiger partial charge is 0.331 e. The van der Waals surface area contributed by atoms with Crippen LogP contribution < -0.4 is 0 Å². The zero-order valence-corrected chi connectivity index (χ0v) is 23.9. The molecule has 2 heterocycles. The minimum Gasteiger partial charge on any atom is -0.458 e. The van der Waals surface area contributed by atoms with Crippen molar-refractivity contribution in [1.29, 1.82) is 0 Å². The lowest BCUT2D eigenvalue weighted by molar-refractivity contribution is -0.344. The number of aliphatic hydroxyl groups is 5. The Morgan fingerprint density at radius 2 is 1.77 bits per heavy atom. The van der Waals surface area contributed by atoms with Crippen LogP contribution in [-0.2, 0) is 19.1 Å². The predicted molar refractivity (Wildman–Crippen MR) is 142 cm³/mol. The molecule has 4 aliphatic carbocycles. The second-order valence-corrected chi connectivity index (χ2v) is 14.0. The van der Waals surface area contributed by atoms with Crippen LogP contribution in [0.3, 0.4) is 0 Å². The summed E-state index contributed by atoms with van der Waals surface area (Å²) in [5, 5.41) is 55.1. The highest BCUT2D eigenvalue weighted by atomic mass is 16.7. The molecule has 6 aliphatic rings. The van der Waals surface area contributed by atoms with Crippen molar-refractivity contribution < 1.29 is 44.6 Å². The normalized spacial score (nSPS) is 52.5. The first kappa shape index (κ1) is 29.0. The Morgan fingerprint density at radius 1 is 1.00 bits per heavy atom. The Kier molecular flexibility index (Phi) is 7.43. The average Bonchev–Trinajstić information content (AvgIpc) is 3.48. The van der Waals surface area contributed by atoms with E-state index in [-0.39, 0.29) is 34.7 Å². The van der Waals surface area contributed by atoms with E-state index in [1.165, 1.54) is 7.11 Å². The molecule has 4 unspecified atom stereocenters. The highest BCUT2D eigenvalue weighted by Crippen LogP contribution is 2.70. The number of hydroxylamine groups is 2. The molecule has 0 amide bonds. The lowest BCUT2D eigenvalue weighted by Crippen LogP contribution is -2.66. The summed E-state index contributed by atoms with van der Waals surface area (Å²) in [4.78, 5) is 17.6. The van der Waals surface area contributed by atoms with E-state index in [0.29, 0.717) is 18.4 Å². The van der Waals surface area contributed by atoms with Crippen molar-refractivity contribution in [2.75, 3.05) is 20.3 Å². The minimum atomic E-state index is -1.45. The van der Waals surface area contributed by atoms with Crippen LogP contribution in [0.2, 0.25) is 0 Å². The van der Waals surface area contributed by atoms with E-state index in [2.05, 4.69) is 13.8 Å². The van der Waals surface area contributed by atoms with E-state index in [4.69, 9.17) is 14.3 Å². The Labute approximate surface area is 236 Å². The van der Waals surface area contributed by atoms with Gasteiger partial charge in [0.1, 0.15) is 31.0 Å². The Hall–Kier alpha value is -1.11. The summed E-state index contributed by atoms with van der Waals surface area (Å²) in [6, 6.07) is -0.0549. The first-order valence-electron chi connectivity index (χ1n) is 15.2. The predicted octanol–water partition coefficient (Wildman–Crippen LogP) is 1.28. The number of hydrogen-bond donors (Lipinski definition) is 5. The maximum atomic E-state index is 12.4. The molecule has 0 radical (unpaired) electrons. The molecule has 0 aromatic heterocycles. The third kappa shape index (κ3) is 4.08. The SMILES string of the molecule is CON(C1O[C@@H](CO)[C@H](O)[C@H](O)[C@@H]1O)[C@H]1CC[C@@]2(C)C(CCC3C2CC[C@]2(C)[C@@H](C4=CC(=O)OC4)CC[C@]32O)C1. The molecule has 0 bridgehead atoms. The lowest BCUT2D eigenvalue weighted by Gasteiger charge is -2.64. The molecule has 2 aliphatic heterocycles. The van der Waals surface area contributed by atoms with Crippen LogP contribution >= 0.6 is 0 Å². The standard InChI is InChI=1S/C30H47NO9/c1-28-9-6-18(31(38-3)27-26(36)25(35)24(34)22(14-32)40-27)13-17(28)4-5-21-20(28)7-10-29(2)19(8-11-30(21,29)37)16-12-23(33)39-15-16/h12,17-22,24-27,32,34-37H,4-11,13-15H2,1-3H3/t17?,18-,19+,20?,21?,22-,24-,25-,26-,27?,28-,29+,30-/m0/s1. The van der Waals surface area contributed by atoms with Crippen LogP contribution in [0.25, 0.3) is 0 Å². The van der Waals surface area contributed by atoms with Gasteiger partial charge in [-0.3, -0.25) is 4.84 Å². The molecule has 5 N–H and O–H groups in total. The number of rotatable bonds is 5. The molecule has 5 fully saturated rings. The number of ether oxygens (including phenoxy) is 2. The summed E-state index contributed by atoms with van der Waals surface area (Å²) in [6.45, 7) is 4.53. The van der Waals surface area contributed by atoms with E-state index >= 15 is 0 Å². The molecule has 4 saturated carbocycles.